The number of carbonyl (C=O) groups excluding carboxylic acids is 1. The SMILES string of the molecule is CN(C)CCOCCOC(=O)N1CCC(O)(Cn2cnc3c(cnn3-c3ccc(F)cc3)c2=O)CC1. The van der Waals surface area contributed by atoms with Crippen molar-refractivity contribution in [1.82, 2.24) is 29.1 Å². The fourth-order valence-electron chi connectivity index (χ4n) is 4.04. The molecule has 1 N–H and O–H groups in total. The highest BCUT2D eigenvalue weighted by Gasteiger charge is 2.35. The Balaban J connectivity index is 1.32. The summed E-state index contributed by atoms with van der Waals surface area (Å²) in [5.41, 5.74) is -0.580. The molecule has 3 aromatic rings. The smallest absolute Gasteiger partial charge is 0.409 e. The zero-order valence-electron chi connectivity index (χ0n) is 20.5. The van der Waals surface area contributed by atoms with Crippen molar-refractivity contribution in [3.63, 3.8) is 0 Å². The van der Waals surface area contributed by atoms with Crippen LogP contribution in [-0.2, 0) is 16.0 Å². The van der Waals surface area contributed by atoms with E-state index in [2.05, 4.69) is 10.1 Å². The molecule has 0 spiro atoms. The number of nitrogens with zero attached hydrogens (tertiary/aromatic N) is 6. The maximum atomic E-state index is 13.2. The highest BCUT2D eigenvalue weighted by Crippen LogP contribution is 2.24. The van der Waals surface area contributed by atoms with Crippen molar-refractivity contribution in [1.29, 1.82) is 0 Å². The maximum Gasteiger partial charge on any atom is 0.409 e. The number of likely N-dealkylation sites (N-methyl/N-ethyl adjacent to an activating group) is 1. The largest absolute Gasteiger partial charge is 0.447 e. The highest BCUT2D eigenvalue weighted by atomic mass is 19.1. The predicted molar refractivity (Wildman–Crippen MR) is 130 cm³/mol. The Bertz CT molecular complexity index is 1230. The van der Waals surface area contributed by atoms with Gasteiger partial charge in [-0.05, 0) is 51.2 Å². The van der Waals surface area contributed by atoms with E-state index in [1.165, 1.54) is 33.9 Å². The van der Waals surface area contributed by atoms with Gasteiger partial charge < -0.3 is 24.4 Å². The maximum absolute atomic E-state index is 13.2. The summed E-state index contributed by atoms with van der Waals surface area (Å²) in [7, 11) is 3.91. The number of ether oxygens (including phenoxy) is 2. The van der Waals surface area contributed by atoms with E-state index in [9.17, 15) is 19.1 Å². The Morgan fingerprint density at radius 1 is 1.17 bits per heavy atom. The summed E-state index contributed by atoms with van der Waals surface area (Å²) >= 11 is 0. The van der Waals surface area contributed by atoms with Gasteiger partial charge in [-0.15, -0.1) is 0 Å². The topological polar surface area (TPSA) is 115 Å². The van der Waals surface area contributed by atoms with Crippen molar-refractivity contribution in [3.8, 4) is 5.69 Å². The van der Waals surface area contributed by atoms with Gasteiger partial charge in [0.25, 0.3) is 5.56 Å². The molecule has 1 aliphatic heterocycles. The van der Waals surface area contributed by atoms with Gasteiger partial charge in [0.2, 0.25) is 0 Å². The van der Waals surface area contributed by atoms with Crippen LogP contribution in [0.3, 0.4) is 0 Å². The molecule has 1 aliphatic rings. The van der Waals surface area contributed by atoms with Crippen LogP contribution in [-0.4, -0.2) is 99.5 Å². The second-order valence-electron chi connectivity index (χ2n) is 9.19. The molecule has 0 aliphatic carbocycles. The van der Waals surface area contributed by atoms with Crippen molar-refractivity contribution in [3.05, 3.63) is 53.0 Å². The summed E-state index contributed by atoms with van der Waals surface area (Å²) in [4.78, 5) is 33.3. The van der Waals surface area contributed by atoms with E-state index < -0.39 is 11.7 Å². The molecule has 1 amide bonds. The Kier molecular flexibility index (Phi) is 7.97. The first-order chi connectivity index (χ1) is 17.3. The first kappa shape index (κ1) is 25.7. The number of carbonyl (C=O) groups is 1. The lowest BCUT2D eigenvalue weighted by molar-refractivity contribution is -0.0350. The number of benzene rings is 1. The fraction of sp³-hybridized carbons (Fsp3) is 0.500. The van der Waals surface area contributed by atoms with Crippen LogP contribution in [0.4, 0.5) is 9.18 Å². The highest BCUT2D eigenvalue weighted by molar-refractivity contribution is 5.74. The Labute approximate surface area is 207 Å². The first-order valence-corrected chi connectivity index (χ1v) is 11.8. The molecule has 11 nitrogen and oxygen atoms in total. The molecule has 36 heavy (non-hydrogen) atoms. The average Bonchev–Trinajstić information content (AvgIpc) is 3.28. The van der Waals surface area contributed by atoms with Crippen LogP contribution in [0, 0.1) is 5.82 Å². The van der Waals surface area contributed by atoms with E-state index in [1.807, 2.05) is 19.0 Å². The fourth-order valence-corrected chi connectivity index (χ4v) is 4.04. The normalized spacial score (nSPS) is 15.5. The Morgan fingerprint density at radius 2 is 1.89 bits per heavy atom. The van der Waals surface area contributed by atoms with Gasteiger partial charge in [-0.25, -0.2) is 18.9 Å². The van der Waals surface area contributed by atoms with Crippen LogP contribution >= 0.6 is 0 Å². The number of fused-ring (bicyclic) bond motifs is 1. The lowest BCUT2D eigenvalue weighted by atomic mass is 9.91. The van der Waals surface area contributed by atoms with Crippen molar-refractivity contribution in [2.45, 2.75) is 25.0 Å². The van der Waals surface area contributed by atoms with Gasteiger partial charge in [-0.2, -0.15) is 5.10 Å². The molecule has 12 heteroatoms. The number of hydrogen-bond acceptors (Lipinski definition) is 8. The number of amides is 1. The molecule has 1 aromatic carbocycles. The summed E-state index contributed by atoms with van der Waals surface area (Å²) in [5, 5.41) is 15.6. The van der Waals surface area contributed by atoms with E-state index in [4.69, 9.17) is 9.47 Å². The summed E-state index contributed by atoms with van der Waals surface area (Å²) in [5.74, 6) is -0.372. The van der Waals surface area contributed by atoms with Gasteiger partial charge in [-0.1, -0.05) is 0 Å². The van der Waals surface area contributed by atoms with Crippen molar-refractivity contribution in [2.75, 3.05) is 53.6 Å². The lowest BCUT2D eigenvalue weighted by Crippen LogP contribution is -2.49. The number of rotatable bonds is 9. The second-order valence-corrected chi connectivity index (χ2v) is 9.19. The minimum absolute atomic E-state index is 0.0408. The molecule has 2 aromatic heterocycles. The van der Waals surface area contributed by atoms with E-state index in [-0.39, 0.29) is 24.5 Å². The third-order valence-corrected chi connectivity index (χ3v) is 6.18. The van der Waals surface area contributed by atoms with E-state index in [0.29, 0.717) is 55.9 Å². The molecule has 3 heterocycles. The van der Waals surface area contributed by atoms with Gasteiger partial charge in [-0.3, -0.25) is 9.36 Å². The molecular weight excluding hydrogens is 471 g/mol. The van der Waals surface area contributed by atoms with E-state index in [0.717, 1.165) is 6.54 Å². The van der Waals surface area contributed by atoms with Crippen LogP contribution in [0.1, 0.15) is 12.8 Å². The molecule has 0 radical (unpaired) electrons. The van der Waals surface area contributed by atoms with Crippen LogP contribution in [0.15, 0.2) is 41.6 Å². The minimum Gasteiger partial charge on any atom is -0.447 e. The molecule has 194 valence electrons. The molecule has 0 saturated carbocycles. The molecule has 0 bridgehead atoms. The van der Waals surface area contributed by atoms with Gasteiger partial charge in [0.05, 0.1) is 37.2 Å². The third-order valence-electron chi connectivity index (χ3n) is 6.18. The van der Waals surface area contributed by atoms with E-state index in [1.54, 1.807) is 17.0 Å². The molecule has 0 atom stereocenters. The first-order valence-electron chi connectivity index (χ1n) is 11.8. The molecular formula is C24H31FN6O5. The predicted octanol–water partition coefficient (Wildman–Crippen LogP) is 1.26. The number of halogens is 1. The van der Waals surface area contributed by atoms with E-state index >= 15 is 0 Å². The van der Waals surface area contributed by atoms with Gasteiger partial charge in [0.15, 0.2) is 5.65 Å². The van der Waals surface area contributed by atoms with Gasteiger partial charge in [0.1, 0.15) is 24.1 Å². The molecule has 1 fully saturated rings. The number of aliphatic hydroxyl groups is 1. The van der Waals surface area contributed by atoms with Crippen molar-refractivity contribution >= 4 is 17.1 Å². The number of hydrogen-bond donors (Lipinski definition) is 1. The number of piperidine rings is 1. The average molecular weight is 503 g/mol. The monoisotopic (exact) mass is 502 g/mol. The zero-order chi connectivity index (χ0) is 25.7. The lowest BCUT2D eigenvalue weighted by Gasteiger charge is -2.37. The second kappa shape index (κ2) is 11.1. The van der Waals surface area contributed by atoms with Gasteiger partial charge in [0, 0.05) is 19.6 Å². The zero-order valence-corrected chi connectivity index (χ0v) is 20.5. The number of aromatic nitrogens is 4. The summed E-state index contributed by atoms with van der Waals surface area (Å²) in [6.45, 7) is 2.51. The standard InChI is InChI=1S/C24H31FN6O5/c1-28(2)11-12-35-13-14-36-23(33)29-9-7-24(34,8-10-29)16-30-17-26-21-20(22(30)32)15-27-31(21)19-5-3-18(25)4-6-19/h3-6,15,17,34H,7-14,16H2,1-2H3. The third kappa shape index (κ3) is 6.07. The van der Waals surface area contributed by atoms with Crippen LogP contribution in [0.5, 0.6) is 0 Å². The minimum atomic E-state index is -1.17. The number of likely N-dealkylation sites (tertiary alicyclic amines) is 1. The van der Waals surface area contributed by atoms with Crippen LogP contribution in [0.25, 0.3) is 16.7 Å². The summed E-state index contributed by atoms with van der Waals surface area (Å²) in [6.07, 6.45) is 2.93. The molecule has 0 unspecified atom stereocenters. The molecule has 1 saturated heterocycles. The quantitative estimate of drug-likeness (QED) is 0.435. The molecule has 4 rings (SSSR count). The van der Waals surface area contributed by atoms with Crippen molar-refractivity contribution < 1.29 is 23.8 Å². The van der Waals surface area contributed by atoms with Crippen molar-refractivity contribution in [2.24, 2.45) is 0 Å². The van der Waals surface area contributed by atoms with Crippen LogP contribution in [0.2, 0.25) is 0 Å². The Hall–Kier alpha value is -3.35. The van der Waals surface area contributed by atoms with Gasteiger partial charge >= 0.3 is 6.09 Å². The summed E-state index contributed by atoms with van der Waals surface area (Å²) in [6, 6.07) is 5.72. The van der Waals surface area contributed by atoms with Crippen LogP contribution < -0.4 is 5.56 Å². The summed E-state index contributed by atoms with van der Waals surface area (Å²) < 4.78 is 26.7. The Morgan fingerprint density at radius 3 is 2.58 bits per heavy atom.